The van der Waals surface area contributed by atoms with Gasteiger partial charge in [-0.1, -0.05) is 36.2 Å². The van der Waals surface area contributed by atoms with Gasteiger partial charge in [-0.15, -0.1) is 11.8 Å². The number of nitrogens with zero attached hydrogens (tertiary/aromatic N) is 1. The minimum absolute atomic E-state index is 0.0699. The minimum atomic E-state index is -0.0699. The number of amides is 2. The first-order valence-corrected chi connectivity index (χ1v) is 10.5. The summed E-state index contributed by atoms with van der Waals surface area (Å²) in [6, 6.07) is 14.1. The molecule has 0 radical (unpaired) electrons. The second-order valence-electron chi connectivity index (χ2n) is 7.46. The number of rotatable bonds is 4. The van der Waals surface area contributed by atoms with Crippen LogP contribution >= 0.6 is 11.8 Å². The molecule has 1 heterocycles. The number of benzene rings is 2. The lowest BCUT2D eigenvalue weighted by atomic mass is 9.85. The molecule has 1 unspecified atom stereocenters. The van der Waals surface area contributed by atoms with Crippen LogP contribution < -0.4 is 10.2 Å². The van der Waals surface area contributed by atoms with Crippen molar-refractivity contribution >= 4 is 35.0 Å². The van der Waals surface area contributed by atoms with Crippen molar-refractivity contribution in [2.45, 2.75) is 38.5 Å². The first-order chi connectivity index (χ1) is 13.0. The number of thioether (sulfide) groups is 1. The third-order valence-electron chi connectivity index (χ3n) is 5.39. The van der Waals surface area contributed by atoms with Crippen molar-refractivity contribution in [1.29, 1.82) is 0 Å². The van der Waals surface area contributed by atoms with E-state index in [9.17, 15) is 9.59 Å². The molecule has 2 aromatic carbocycles. The Morgan fingerprint density at radius 2 is 1.96 bits per heavy atom. The zero-order valence-electron chi connectivity index (χ0n) is 15.7. The minimum Gasteiger partial charge on any atom is -0.326 e. The quantitative estimate of drug-likeness (QED) is 0.827. The monoisotopic (exact) mass is 380 g/mol. The van der Waals surface area contributed by atoms with Crippen LogP contribution in [0.15, 0.2) is 42.5 Å². The van der Waals surface area contributed by atoms with Gasteiger partial charge in [0.1, 0.15) is 5.37 Å². The highest BCUT2D eigenvalue weighted by atomic mass is 32.2. The molecule has 140 valence electrons. The molecule has 0 spiro atoms. The Bertz CT molecular complexity index is 892. The molecule has 27 heavy (non-hydrogen) atoms. The SMILES string of the molecule is Cc1ccc(N2C(=O)CSC2c2cccc(NC(=O)C3CCC3)c2)c(C)c1. The van der Waals surface area contributed by atoms with Crippen molar-refractivity contribution < 1.29 is 9.59 Å². The molecule has 0 aromatic heterocycles. The standard InChI is InChI=1S/C22H24N2O2S/c1-14-9-10-19(15(2)11-14)24-20(25)13-27-22(24)17-7-4-8-18(12-17)23-21(26)16-5-3-6-16/h4,7-12,16,22H,3,5-6,13H2,1-2H3,(H,23,26). The predicted octanol–water partition coefficient (Wildman–Crippen LogP) is 4.82. The van der Waals surface area contributed by atoms with Gasteiger partial charge in [-0.05, 0) is 56.0 Å². The molecule has 0 bridgehead atoms. The zero-order chi connectivity index (χ0) is 19.0. The highest BCUT2D eigenvalue weighted by molar-refractivity contribution is 8.00. The van der Waals surface area contributed by atoms with E-state index in [1.807, 2.05) is 48.2 Å². The highest BCUT2D eigenvalue weighted by Gasteiger charge is 2.35. The number of aryl methyl sites for hydroxylation is 2. The van der Waals surface area contributed by atoms with E-state index in [1.165, 1.54) is 5.56 Å². The Balaban J connectivity index is 1.60. The van der Waals surface area contributed by atoms with E-state index in [0.717, 1.165) is 41.8 Å². The number of hydrogen-bond acceptors (Lipinski definition) is 3. The van der Waals surface area contributed by atoms with Crippen molar-refractivity contribution in [3.8, 4) is 0 Å². The smallest absolute Gasteiger partial charge is 0.238 e. The fourth-order valence-corrected chi connectivity index (χ4v) is 4.85. The molecule has 2 aromatic rings. The lowest BCUT2D eigenvalue weighted by Crippen LogP contribution is -2.29. The molecule has 5 heteroatoms. The summed E-state index contributed by atoms with van der Waals surface area (Å²) in [4.78, 5) is 26.8. The molecule has 1 aliphatic carbocycles. The summed E-state index contributed by atoms with van der Waals surface area (Å²) in [5, 5.41) is 2.97. The largest absolute Gasteiger partial charge is 0.326 e. The molecule has 1 N–H and O–H groups in total. The van der Waals surface area contributed by atoms with Gasteiger partial charge in [-0.2, -0.15) is 0 Å². The van der Waals surface area contributed by atoms with E-state index < -0.39 is 0 Å². The van der Waals surface area contributed by atoms with Crippen molar-refractivity contribution in [1.82, 2.24) is 0 Å². The molecular formula is C22H24N2O2S. The van der Waals surface area contributed by atoms with E-state index in [-0.39, 0.29) is 23.1 Å². The third-order valence-corrected chi connectivity index (χ3v) is 6.61. The Morgan fingerprint density at radius 3 is 2.67 bits per heavy atom. The van der Waals surface area contributed by atoms with Crippen molar-refractivity contribution in [3.05, 3.63) is 59.2 Å². The molecule has 4 rings (SSSR count). The summed E-state index contributed by atoms with van der Waals surface area (Å²) in [6.45, 7) is 4.11. The van der Waals surface area contributed by atoms with E-state index in [2.05, 4.69) is 18.3 Å². The zero-order valence-corrected chi connectivity index (χ0v) is 16.5. The first-order valence-electron chi connectivity index (χ1n) is 9.44. The van der Waals surface area contributed by atoms with Crippen molar-refractivity contribution in [2.24, 2.45) is 5.92 Å². The van der Waals surface area contributed by atoms with Gasteiger partial charge in [0, 0.05) is 17.3 Å². The Labute approximate surface area is 164 Å². The molecule has 2 amide bonds. The first kappa shape index (κ1) is 18.1. The summed E-state index contributed by atoms with van der Waals surface area (Å²) in [6.07, 6.45) is 3.11. The molecular weight excluding hydrogens is 356 g/mol. The van der Waals surface area contributed by atoms with Crippen LogP contribution in [0.2, 0.25) is 0 Å². The van der Waals surface area contributed by atoms with E-state index in [4.69, 9.17) is 0 Å². The Morgan fingerprint density at radius 1 is 1.15 bits per heavy atom. The summed E-state index contributed by atoms with van der Waals surface area (Å²) >= 11 is 1.63. The van der Waals surface area contributed by atoms with Crippen LogP contribution in [-0.4, -0.2) is 17.6 Å². The van der Waals surface area contributed by atoms with E-state index >= 15 is 0 Å². The molecule has 1 atom stereocenters. The van der Waals surface area contributed by atoms with Gasteiger partial charge >= 0.3 is 0 Å². The predicted molar refractivity (Wildman–Crippen MR) is 111 cm³/mol. The van der Waals surface area contributed by atoms with E-state index in [0.29, 0.717) is 5.75 Å². The van der Waals surface area contributed by atoms with Crippen LogP contribution in [0.1, 0.15) is 41.3 Å². The molecule has 2 fully saturated rings. The number of carbonyl (C=O) groups is 2. The van der Waals surface area contributed by atoms with Crippen LogP contribution in [0.5, 0.6) is 0 Å². The lowest BCUT2D eigenvalue weighted by molar-refractivity contribution is -0.122. The van der Waals surface area contributed by atoms with Gasteiger partial charge in [0.25, 0.3) is 0 Å². The van der Waals surface area contributed by atoms with Crippen LogP contribution in [0.25, 0.3) is 0 Å². The van der Waals surface area contributed by atoms with Gasteiger partial charge in [0.15, 0.2) is 0 Å². The van der Waals surface area contributed by atoms with Crippen LogP contribution in [0.4, 0.5) is 11.4 Å². The number of nitrogens with one attached hydrogen (secondary N) is 1. The van der Waals surface area contributed by atoms with E-state index in [1.54, 1.807) is 11.8 Å². The summed E-state index contributed by atoms with van der Waals surface area (Å²) < 4.78 is 0. The lowest BCUT2D eigenvalue weighted by Gasteiger charge is -2.27. The fourth-order valence-electron chi connectivity index (χ4n) is 3.69. The third kappa shape index (κ3) is 3.61. The summed E-state index contributed by atoms with van der Waals surface area (Å²) in [5.74, 6) is 0.861. The summed E-state index contributed by atoms with van der Waals surface area (Å²) in [7, 11) is 0. The highest BCUT2D eigenvalue weighted by Crippen LogP contribution is 2.43. The maximum absolute atomic E-state index is 12.6. The molecule has 1 saturated carbocycles. The Hall–Kier alpha value is -2.27. The molecule has 2 aliphatic rings. The maximum atomic E-state index is 12.6. The second kappa shape index (κ2) is 7.39. The number of carbonyl (C=O) groups excluding carboxylic acids is 2. The average molecular weight is 381 g/mol. The topological polar surface area (TPSA) is 49.4 Å². The van der Waals surface area contributed by atoms with Crippen molar-refractivity contribution in [3.63, 3.8) is 0 Å². The van der Waals surface area contributed by atoms with Gasteiger partial charge in [0.05, 0.1) is 5.75 Å². The summed E-state index contributed by atoms with van der Waals surface area (Å²) in [5.41, 5.74) is 5.10. The average Bonchev–Trinajstić information content (AvgIpc) is 2.95. The van der Waals surface area contributed by atoms with Gasteiger partial charge in [-0.25, -0.2) is 0 Å². The fraction of sp³-hybridized carbons (Fsp3) is 0.364. The second-order valence-corrected chi connectivity index (χ2v) is 8.53. The van der Waals surface area contributed by atoms with Crippen molar-refractivity contribution in [2.75, 3.05) is 16.0 Å². The van der Waals surface area contributed by atoms with Crippen LogP contribution in [-0.2, 0) is 9.59 Å². The molecule has 4 nitrogen and oxygen atoms in total. The van der Waals surface area contributed by atoms with Gasteiger partial charge < -0.3 is 5.32 Å². The Kier molecular flexibility index (Phi) is 4.96. The normalized spacial score (nSPS) is 19.9. The van der Waals surface area contributed by atoms with Gasteiger partial charge in [-0.3, -0.25) is 14.5 Å². The molecule has 1 saturated heterocycles. The van der Waals surface area contributed by atoms with Crippen LogP contribution in [0.3, 0.4) is 0 Å². The van der Waals surface area contributed by atoms with Crippen LogP contribution in [0, 0.1) is 19.8 Å². The number of hydrogen-bond donors (Lipinski definition) is 1. The number of anilines is 2. The van der Waals surface area contributed by atoms with Gasteiger partial charge in [0.2, 0.25) is 11.8 Å². The molecule has 1 aliphatic heterocycles. The maximum Gasteiger partial charge on any atom is 0.238 e.